The van der Waals surface area contributed by atoms with Gasteiger partial charge in [-0.15, -0.1) is 0 Å². The van der Waals surface area contributed by atoms with Crippen molar-refractivity contribution in [1.29, 1.82) is 0 Å². The Bertz CT molecular complexity index is 951. The zero-order valence-corrected chi connectivity index (χ0v) is 17.2. The number of hydrogen-bond acceptors (Lipinski definition) is 6. The topological polar surface area (TPSA) is 82.5 Å². The van der Waals surface area contributed by atoms with Gasteiger partial charge in [-0.1, -0.05) is 18.0 Å². The third-order valence-electron chi connectivity index (χ3n) is 4.34. The van der Waals surface area contributed by atoms with Crippen molar-refractivity contribution in [2.45, 2.75) is 32.7 Å². The summed E-state index contributed by atoms with van der Waals surface area (Å²) in [6, 6.07) is 9.47. The number of nitrogens with zero attached hydrogens (tertiary/aromatic N) is 3. The van der Waals surface area contributed by atoms with Crippen LogP contribution in [0.25, 0.3) is 0 Å². The fraction of sp³-hybridized carbons (Fsp3) is 0.391. The monoisotopic (exact) mass is 409 g/mol. The Morgan fingerprint density at radius 2 is 1.93 bits per heavy atom. The molecule has 7 heteroatoms. The first-order chi connectivity index (χ1) is 14.8. The number of aliphatic hydroxyl groups excluding tert-OH is 1. The lowest BCUT2D eigenvalue weighted by atomic mass is 10.2. The van der Waals surface area contributed by atoms with Crippen LogP contribution in [0.15, 0.2) is 47.2 Å². The SMILES string of the molecule is CCc1nccn1Cc1cc(C#Cc2ccc(OCCCOCCCO)cc2)on1. The summed E-state index contributed by atoms with van der Waals surface area (Å²) in [7, 11) is 0. The number of rotatable bonds is 11. The van der Waals surface area contributed by atoms with E-state index in [-0.39, 0.29) is 6.61 Å². The van der Waals surface area contributed by atoms with Crippen molar-refractivity contribution in [3.05, 3.63) is 65.6 Å². The van der Waals surface area contributed by atoms with E-state index in [4.69, 9.17) is 19.1 Å². The van der Waals surface area contributed by atoms with Crippen LogP contribution in [0.5, 0.6) is 5.75 Å². The van der Waals surface area contributed by atoms with Gasteiger partial charge >= 0.3 is 0 Å². The molecule has 7 nitrogen and oxygen atoms in total. The van der Waals surface area contributed by atoms with E-state index in [1.165, 1.54) is 0 Å². The van der Waals surface area contributed by atoms with Crippen LogP contribution in [0, 0.1) is 11.8 Å². The first-order valence-electron chi connectivity index (χ1n) is 10.2. The molecule has 0 radical (unpaired) electrons. The van der Waals surface area contributed by atoms with Gasteiger partial charge in [0.1, 0.15) is 17.3 Å². The molecular weight excluding hydrogens is 382 g/mol. The van der Waals surface area contributed by atoms with E-state index >= 15 is 0 Å². The molecule has 30 heavy (non-hydrogen) atoms. The number of aryl methyl sites for hydroxylation is 1. The molecule has 158 valence electrons. The molecule has 0 fully saturated rings. The van der Waals surface area contributed by atoms with Crippen LogP contribution in [0.2, 0.25) is 0 Å². The van der Waals surface area contributed by atoms with E-state index in [0.717, 1.165) is 35.7 Å². The van der Waals surface area contributed by atoms with Gasteiger partial charge in [0.15, 0.2) is 0 Å². The molecule has 0 aliphatic carbocycles. The van der Waals surface area contributed by atoms with Crippen LogP contribution in [0.1, 0.15) is 42.6 Å². The zero-order valence-electron chi connectivity index (χ0n) is 17.2. The van der Waals surface area contributed by atoms with Crippen molar-refractivity contribution in [3.63, 3.8) is 0 Å². The number of benzene rings is 1. The van der Waals surface area contributed by atoms with Crippen LogP contribution in [-0.2, 0) is 17.7 Å². The Labute approximate surface area is 176 Å². The van der Waals surface area contributed by atoms with Gasteiger partial charge in [-0.05, 0) is 36.6 Å². The second kappa shape index (κ2) is 11.8. The van der Waals surface area contributed by atoms with Gasteiger partial charge in [0.25, 0.3) is 0 Å². The Hall–Kier alpha value is -3.08. The normalized spacial score (nSPS) is 10.6. The highest BCUT2D eigenvalue weighted by molar-refractivity contribution is 5.41. The molecule has 3 aromatic rings. The molecule has 0 aliphatic heterocycles. The molecular formula is C23H27N3O4. The lowest BCUT2D eigenvalue weighted by molar-refractivity contribution is 0.104. The van der Waals surface area contributed by atoms with Crippen LogP contribution in [0.3, 0.4) is 0 Å². The Kier molecular flexibility index (Phi) is 8.51. The van der Waals surface area contributed by atoms with Crippen molar-refractivity contribution >= 4 is 0 Å². The average Bonchev–Trinajstić information content (AvgIpc) is 3.42. The first-order valence-corrected chi connectivity index (χ1v) is 10.2. The summed E-state index contributed by atoms with van der Waals surface area (Å²) in [5, 5.41) is 12.8. The molecule has 3 rings (SSSR count). The maximum Gasteiger partial charge on any atom is 0.210 e. The second-order valence-corrected chi connectivity index (χ2v) is 6.67. The van der Waals surface area contributed by atoms with Crippen molar-refractivity contribution in [2.24, 2.45) is 0 Å². The second-order valence-electron chi connectivity index (χ2n) is 6.67. The van der Waals surface area contributed by atoms with Gasteiger partial charge in [-0.2, -0.15) is 0 Å². The molecule has 0 unspecified atom stereocenters. The number of aromatic nitrogens is 3. The summed E-state index contributed by atoms with van der Waals surface area (Å²) < 4.78 is 18.4. The van der Waals surface area contributed by atoms with E-state index in [1.807, 2.05) is 36.5 Å². The molecule has 0 amide bonds. The molecule has 0 bridgehead atoms. The predicted molar refractivity (Wildman–Crippen MR) is 112 cm³/mol. The summed E-state index contributed by atoms with van der Waals surface area (Å²) in [5.74, 6) is 8.43. The van der Waals surface area contributed by atoms with E-state index in [2.05, 4.69) is 33.5 Å². The first kappa shape index (κ1) is 21.6. The summed E-state index contributed by atoms with van der Waals surface area (Å²) in [6.07, 6.45) is 6.07. The van der Waals surface area contributed by atoms with Crippen LogP contribution in [-0.4, -0.2) is 46.2 Å². The van der Waals surface area contributed by atoms with Gasteiger partial charge < -0.3 is 23.7 Å². The lowest BCUT2D eigenvalue weighted by Crippen LogP contribution is -2.04. The third kappa shape index (κ3) is 6.76. The number of imidazole rings is 1. The van der Waals surface area contributed by atoms with Crippen LogP contribution in [0.4, 0.5) is 0 Å². The molecule has 1 N–H and O–H groups in total. The van der Waals surface area contributed by atoms with E-state index in [0.29, 0.717) is 38.5 Å². The summed E-state index contributed by atoms with van der Waals surface area (Å²) in [6.45, 7) is 4.65. The summed E-state index contributed by atoms with van der Waals surface area (Å²) in [5.41, 5.74) is 1.69. The van der Waals surface area contributed by atoms with Crippen molar-refractivity contribution < 1.29 is 19.1 Å². The Morgan fingerprint density at radius 3 is 2.73 bits per heavy atom. The van der Waals surface area contributed by atoms with Crippen molar-refractivity contribution in [2.75, 3.05) is 26.4 Å². The van der Waals surface area contributed by atoms with Gasteiger partial charge in [-0.3, -0.25) is 0 Å². The highest BCUT2D eigenvalue weighted by Crippen LogP contribution is 2.12. The van der Waals surface area contributed by atoms with E-state index in [1.54, 1.807) is 6.20 Å². The molecule has 0 saturated carbocycles. The molecule has 1 aromatic carbocycles. The van der Waals surface area contributed by atoms with Crippen molar-refractivity contribution in [1.82, 2.24) is 14.7 Å². The largest absolute Gasteiger partial charge is 0.494 e. The fourth-order valence-corrected chi connectivity index (χ4v) is 2.81. The molecule has 2 heterocycles. The fourth-order valence-electron chi connectivity index (χ4n) is 2.81. The van der Waals surface area contributed by atoms with Crippen molar-refractivity contribution in [3.8, 4) is 17.6 Å². The van der Waals surface area contributed by atoms with E-state index < -0.39 is 0 Å². The smallest absolute Gasteiger partial charge is 0.210 e. The standard InChI is InChI=1S/C23H27N3O4/c1-2-23-24-11-12-26(23)18-20-17-22(30-25-20)10-7-19-5-8-21(9-6-19)29-16-4-15-28-14-3-13-27/h5-6,8-9,11-12,17,27H,2-4,13-16,18H2,1H3. The quantitative estimate of drug-likeness (QED) is 0.387. The van der Waals surface area contributed by atoms with Crippen LogP contribution >= 0.6 is 0 Å². The predicted octanol–water partition coefficient (Wildman–Crippen LogP) is 3.05. The van der Waals surface area contributed by atoms with E-state index in [9.17, 15) is 0 Å². The molecule has 0 spiro atoms. The summed E-state index contributed by atoms with van der Waals surface area (Å²) >= 11 is 0. The minimum atomic E-state index is 0.161. The minimum Gasteiger partial charge on any atom is -0.494 e. The number of ether oxygens (including phenoxy) is 2. The molecule has 0 atom stereocenters. The van der Waals surface area contributed by atoms with Gasteiger partial charge in [0.2, 0.25) is 5.76 Å². The highest BCUT2D eigenvalue weighted by Gasteiger charge is 2.06. The zero-order chi connectivity index (χ0) is 21.0. The maximum atomic E-state index is 8.68. The minimum absolute atomic E-state index is 0.161. The number of aliphatic hydroxyl groups is 1. The molecule has 0 aliphatic rings. The lowest BCUT2D eigenvalue weighted by Gasteiger charge is -2.06. The third-order valence-corrected chi connectivity index (χ3v) is 4.34. The molecule has 0 saturated heterocycles. The maximum absolute atomic E-state index is 8.68. The highest BCUT2D eigenvalue weighted by atomic mass is 16.5. The average molecular weight is 409 g/mol. The van der Waals surface area contributed by atoms with Gasteiger partial charge in [0, 0.05) is 56.7 Å². The summed E-state index contributed by atoms with van der Waals surface area (Å²) in [4.78, 5) is 4.31. The Balaban J connectivity index is 1.45. The Morgan fingerprint density at radius 1 is 1.10 bits per heavy atom. The van der Waals surface area contributed by atoms with Gasteiger partial charge in [-0.25, -0.2) is 4.98 Å². The molecule has 2 aromatic heterocycles. The van der Waals surface area contributed by atoms with Gasteiger partial charge in [0.05, 0.1) is 13.2 Å². The van der Waals surface area contributed by atoms with Crippen LogP contribution < -0.4 is 4.74 Å². The number of hydrogen-bond donors (Lipinski definition) is 1.